The van der Waals surface area contributed by atoms with Gasteiger partial charge in [-0.1, -0.05) is 20.8 Å². The van der Waals surface area contributed by atoms with Crippen molar-refractivity contribution in [3.8, 4) is 0 Å². The molecule has 0 amide bonds. The van der Waals surface area contributed by atoms with Crippen LogP contribution in [0, 0.1) is 11.8 Å². The Hall–Kier alpha value is -0.505. The van der Waals surface area contributed by atoms with E-state index in [1.807, 2.05) is 27.7 Å². The zero-order chi connectivity index (χ0) is 12.8. The van der Waals surface area contributed by atoms with E-state index in [-0.39, 0.29) is 17.4 Å². The Balaban J connectivity index is 3.97. The summed E-state index contributed by atoms with van der Waals surface area (Å²) in [5.41, 5.74) is -0.387. The van der Waals surface area contributed by atoms with Gasteiger partial charge in [-0.15, -0.1) is 0 Å². The second-order valence-corrected chi connectivity index (χ2v) is 5.33. The maximum absolute atomic E-state index is 11.7. The maximum atomic E-state index is 11.7. The van der Waals surface area contributed by atoms with Gasteiger partial charge in [0.1, 0.15) is 0 Å². The molecule has 0 N–H and O–H groups in total. The second-order valence-electron chi connectivity index (χ2n) is 5.33. The summed E-state index contributed by atoms with van der Waals surface area (Å²) in [5, 5.41) is 0. The van der Waals surface area contributed by atoms with Crippen LogP contribution in [0.3, 0.4) is 0 Å². The molecule has 16 heavy (non-hydrogen) atoms. The zero-order valence-electron chi connectivity index (χ0n) is 11.5. The van der Waals surface area contributed by atoms with Crippen molar-refractivity contribution in [3.63, 3.8) is 0 Å². The van der Waals surface area contributed by atoms with Crippen LogP contribution in [-0.2, 0) is 14.2 Å². The van der Waals surface area contributed by atoms with Gasteiger partial charge in [0.05, 0.1) is 11.4 Å². The Morgan fingerprint density at radius 1 is 1.31 bits per heavy atom. The van der Waals surface area contributed by atoms with Crippen molar-refractivity contribution in [1.82, 2.24) is 0 Å². The van der Waals surface area contributed by atoms with E-state index in [4.69, 9.17) is 9.39 Å². The SMILES string of the molecule is CCOC(C)(C)BOC(=O)C(C)CC(C)C. The molecule has 3 nitrogen and oxygen atoms in total. The minimum absolute atomic E-state index is 0.0302. The molecular formula is C12H25BO3. The van der Waals surface area contributed by atoms with Crippen LogP contribution < -0.4 is 0 Å². The monoisotopic (exact) mass is 228 g/mol. The molecule has 0 aliphatic rings. The van der Waals surface area contributed by atoms with Crippen LogP contribution in [0.2, 0.25) is 0 Å². The lowest BCUT2D eigenvalue weighted by Crippen LogP contribution is -2.36. The molecular weight excluding hydrogens is 203 g/mol. The molecule has 0 aliphatic carbocycles. The number of rotatable bonds is 7. The van der Waals surface area contributed by atoms with E-state index in [2.05, 4.69) is 13.8 Å². The second kappa shape index (κ2) is 6.95. The normalized spacial score (nSPS) is 13.7. The lowest BCUT2D eigenvalue weighted by molar-refractivity contribution is -0.139. The van der Waals surface area contributed by atoms with Crippen LogP contribution in [0.4, 0.5) is 0 Å². The molecule has 0 aromatic heterocycles. The van der Waals surface area contributed by atoms with E-state index >= 15 is 0 Å². The fourth-order valence-corrected chi connectivity index (χ4v) is 1.62. The molecule has 1 atom stereocenters. The molecule has 0 heterocycles. The van der Waals surface area contributed by atoms with E-state index in [9.17, 15) is 4.79 Å². The van der Waals surface area contributed by atoms with Gasteiger partial charge in [-0.2, -0.15) is 0 Å². The van der Waals surface area contributed by atoms with Gasteiger partial charge < -0.3 is 9.39 Å². The Bertz CT molecular complexity index is 214. The van der Waals surface area contributed by atoms with E-state index in [1.54, 1.807) is 0 Å². The Labute approximate surface area is 100 Å². The highest BCUT2D eigenvalue weighted by molar-refractivity contribution is 6.34. The van der Waals surface area contributed by atoms with Gasteiger partial charge in [0.15, 0.2) is 0 Å². The number of hydrogen-bond acceptors (Lipinski definition) is 3. The smallest absolute Gasteiger partial charge is 0.375 e. The highest BCUT2D eigenvalue weighted by Crippen LogP contribution is 2.14. The first-order valence-corrected chi connectivity index (χ1v) is 6.09. The van der Waals surface area contributed by atoms with Crippen LogP contribution in [0.15, 0.2) is 0 Å². The fourth-order valence-electron chi connectivity index (χ4n) is 1.62. The third kappa shape index (κ3) is 6.88. The first kappa shape index (κ1) is 15.5. The molecule has 0 spiro atoms. The molecule has 0 aliphatic heterocycles. The first-order chi connectivity index (χ1) is 7.28. The molecule has 0 bridgehead atoms. The molecule has 0 saturated carbocycles. The van der Waals surface area contributed by atoms with Crippen molar-refractivity contribution in [2.75, 3.05) is 6.61 Å². The number of carbonyl (C=O) groups is 1. The van der Waals surface area contributed by atoms with Crippen LogP contribution in [0.1, 0.15) is 48.0 Å². The van der Waals surface area contributed by atoms with Gasteiger partial charge in [0.25, 0.3) is 5.97 Å². The Kier molecular flexibility index (Phi) is 6.73. The van der Waals surface area contributed by atoms with Crippen molar-refractivity contribution < 1.29 is 14.2 Å². The summed E-state index contributed by atoms with van der Waals surface area (Å²) >= 11 is 0. The van der Waals surface area contributed by atoms with Gasteiger partial charge in [0, 0.05) is 6.61 Å². The predicted octanol–water partition coefficient (Wildman–Crippen LogP) is 2.34. The van der Waals surface area contributed by atoms with Crippen molar-refractivity contribution >= 4 is 13.5 Å². The van der Waals surface area contributed by atoms with E-state index in [0.717, 1.165) is 6.42 Å². The van der Waals surface area contributed by atoms with Crippen molar-refractivity contribution in [3.05, 3.63) is 0 Å². The zero-order valence-corrected chi connectivity index (χ0v) is 11.5. The van der Waals surface area contributed by atoms with Crippen molar-refractivity contribution in [1.29, 1.82) is 0 Å². The molecule has 0 radical (unpaired) electrons. The van der Waals surface area contributed by atoms with E-state index < -0.39 is 0 Å². The number of ether oxygens (including phenoxy) is 1. The number of hydrogen-bond donors (Lipinski definition) is 0. The van der Waals surface area contributed by atoms with Gasteiger partial charge in [-0.25, -0.2) is 0 Å². The Morgan fingerprint density at radius 2 is 1.88 bits per heavy atom. The molecule has 0 saturated heterocycles. The van der Waals surface area contributed by atoms with Gasteiger partial charge in [0.2, 0.25) is 0 Å². The average molecular weight is 228 g/mol. The molecule has 4 heteroatoms. The van der Waals surface area contributed by atoms with E-state index in [1.165, 1.54) is 0 Å². The summed E-state index contributed by atoms with van der Waals surface area (Å²) in [6.07, 6.45) is 0.869. The molecule has 0 fully saturated rings. The lowest BCUT2D eigenvalue weighted by atomic mass is 9.77. The summed E-state index contributed by atoms with van der Waals surface area (Å²) in [7, 11) is 0.322. The van der Waals surface area contributed by atoms with Crippen molar-refractivity contribution in [2.24, 2.45) is 11.8 Å². The molecule has 0 rings (SSSR count). The van der Waals surface area contributed by atoms with Gasteiger partial charge >= 0.3 is 7.48 Å². The van der Waals surface area contributed by atoms with Crippen LogP contribution in [0.5, 0.6) is 0 Å². The molecule has 1 unspecified atom stereocenters. The minimum atomic E-state index is -0.387. The molecule has 94 valence electrons. The van der Waals surface area contributed by atoms with Crippen LogP contribution in [0.25, 0.3) is 0 Å². The van der Waals surface area contributed by atoms with Crippen LogP contribution in [-0.4, -0.2) is 25.6 Å². The minimum Gasteiger partial charge on any atom is -0.536 e. The maximum Gasteiger partial charge on any atom is 0.375 e. The molecule has 0 aromatic carbocycles. The topological polar surface area (TPSA) is 35.5 Å². The summed E-state index contributed by atoms with van der Waals surface area (Å²) in [5.74, 6) is 0.362. The largest absolute Gasteiger partial charge is 0.536 e. The van der Waals surface area contributed by atoms with Gasteiger partial charge in [-0.05, 0) is 33.1 Å². The number of carbonyl (C=O) groups excluding carboxylic acids is 1. The third-order valence-electron chi connectivity index (χ3n) is 2.32. The van der Waals surface area contributed by atoms with Crippen molar-refractivity contribution in [2.45, 2.75) is 53.5 Å². The standard InChI is InChI=1S/C12H25BO3/c1-7-15-12(5,6)13-16-11(14)10(4)8-9(2)3/h9-10,13H,7-8H2,1-6H3. The first-order valence-electron chi connectivity index (χ1n) is 6.09. The molecule has 0 aromatic rings. The fraction of sp³-hybridized carbons (Fsp3) is 0.917. The summed E-state index contributed by atoms with van der Waals surface area (Å²) < 4.78 is 10.7. The highest BCUT2D eigenvalue weighted by atomic mass is 16.5. The summed E-state index contributed by atoms with van der Waals surface area (Å²) in [4.78, 5) is 11.7. The quantitative estimate of drug-likeness (QED) is 0.627. The summed E-state index contributed by atoms with van der Waals surface area (Å²) in [6, 6.07) is 0. The van der Waals surface area contributed by atoms with Crippen LogP contribution >= 0.6 is 0 Å². The average Bonchev–Trinajstić information content (AvgIpc) is 2.13. The van der Waals surface area contributed by atoms with E-state index in [0.29, 0.717) is 20.0 Å². The summed E-state index contributed by atoms with van der Waals surface area (Å²) in [6.45, 7) is 12.5. The predicted molar refractivity (Wildman–Crippen MR) is 67.6 cm³/mol. The van der Waals surface area contributed by atoms with Gasteiger partial charge in [-0.3, -0.25) is 4.79 Å². The Morgan fingerprint density at radius 3 is 2.31 bits per heavy atom. The third-order valence-corrected chi connectivity index (χ3v) is 2.32. The lowest BCUT2D eigenvalue weighted by Gasteiger charge is -2.23. The highest BCUT2D eigenvalue weighted by Gasteiger charge is 2.25.